The molecule has 27 heavy (non-hydrogen) atoms. The van der Waals surface area contributed by atoms with Gasteiger partial charge in [0.1, 0.15) is 41.5 Å². The summed E-state index contributed by atoms with van der Waals surface area (Å²) in [6.45, 7) is 0.878. The number of benzene rings is 1. The molecule has 2 heterocycles. The van der Waals surface area contributed by atoms with Gasteiger partial charge in [-0.15, -0.1) is 0 Å². The highest BCUT2D eigenvalue weighted by molar-refractivity contribution is 6.02. The van der Waals surface area contributed by atoms with Gasteiger partial charge in [-0.25, -0.2) is 4.79 Å². The molecule has 2 aromatic rings. The van der Waals surface area contributed by atoms with Crippen LogP contribution in [0.25, 0.3) is 11.0 Å². The fourth-order valence-corrected chi connectivity index (χ4v) is 2.92. The number of aryl methyl sites for hydroxylation is 1. The van der Waals surface area contributed by atoms with E-state index in [1.54, 1.807) is 0 Å². The van der Waals surface area contributed by atoms with E-state index < -0.39 is 48.7 Å². The Balaban J connectivity index is 2.02. The molecule has 0 unspecified atom stereocenters. The van der Waals surface area contributed by atoms with E-state index in [0.29, 0.717) is 0 Å². The molecule has 10 heteroatoms. The minimum Gasteiger partial charge on any atom is -0.478 e. The molecule has 0 aliphatic carbocycles. The number of carboxylic acid groups (broad SMARTS) is 1. The number of aliphatic hydroxyl groups is 4. The summed E-state index contributed by atoms with van der Waals surface area (Å²) in [5, 5.41) is 48.1. The van der Waals surface area contributed by atoms with Gasteiger partial charge >= 0.3 is 5.97 Å². The van der Waals surface area contributed by atoms with Crippen LogP contribution >= 0.6 is 0 Å². The standard InChI is InChI=1S/C17H18O10/c1-6-2-9(19)12-8(16(23)24)3-7(4-10(12)25-6)26-17-15(22)14(21)13(20)11(5-18)27-17/h2-4,11,13-15,17-18,20-22H,5H2,1H3,(H,23,24)/t11-,13-,14+,15-,17+/m1/s1. The molecule has 3 rings (SSSR count). The van der Waals surface area contributed by atoms with E-state index in [-0.39, 0.29) is 28.0 Å². The van der Waals surface area contributed by atoms with Gasteiger partial charge in [0.15, 0.2) is 5.43 Å². The molecule has 0 bridgehead atoms. The average molecular weight is 382 g/mol. The highest BCUT2D eigenvalue weighted by Gasteiger charge is 2.44. The Labute approximate surface area is 151 Å². The molecule has 1 aliphatic heterocycles. The maximum absolute atomic E-state index is 12.1. The highest BCUT2D eigenvalue weighted by Crippen LogP contribution is 2.28. The van der Waals surface area contributed by atoms with E-state index in [0.717, 1.165) is 12.1 Å². The van der Waals surface area contributed by atoms with Gasteiger partial charge in [-0.2, -0.15) is 0 Å². The van der Waals surface area contributed by atoms with E-state index >= 15 is 0 Å². The van der Waals surface area contributed by atoms with Crippen molar-refractivity contribution in [3.63, 3.8) is 0 Å². The zero-order chi connectivity index (χ0) is 19.9. The third kappa shape index (κ3) is 3.53. The first kappa shape index (κ1) is 19.3. The number of hydrogen-bond acceptors (Lipinski definition) is 9. The van der Waals surface area contributed by atoms with Crippen LogP contribution in [0.3, 0.4) is 0 Å². The number of carbonyl (C=O) groups is 1. The van der Waals surface area contributed by atoms with Crippen molar-refractivity contribution in [1.82, 2.24) is 0 Å². The summed E-state index contributed by atoms with van der Waals surface area (Å²) >= 11 is 0. The Bertz CT molecular complexity index is 918. The van der Waals surface area contributed by atoms with Crippen LogP contribution in [0.1, 0.15) is 16.1 Å². The molecule has 1 aromatic carbocycles. The Kier molecular flexibility index (Phi) is 5.18. The Morgan fingerprint density at radius 1 is 1.15 bits per heavy atom. The first-order chi connectivity index (χ1) is 12.7. The van der Waals surface area contributed by atoms with Crippen LogP contribution in [0.5, 0.6) is 5.75 Å². The fourth-order valence-electron chi connectivity index (χ4n) is 2.92. The summed E-state index contributed by atoms with van der Waals surface area (Å²) in [6, 6.07) is 3.46. The third-order valence-corrected chi connectivity index (χ3v) is 4.26. The normalized spacial score (nSPS) is 28.3. The van der Waals surface area contributed by atoms with Gasteiger partial charge in [0.2, 0.25) is 6.29 Å². The molecular formula is C17H18O10. The number of rotatable bonds is 4. The average Bonchev–Trinajstić information content (AvgIpc) is 2.61. The number of ether oxygens (including phenoxy) is 2. The Hall–Kier alpha value is -2.50. The lowest BCUT2D eigenvalue weighted by molar-refractivity contribution is -0.277. The van der Waals surface area contributed by atoms with E-state index in [1.165, 1.54) is 13.0 Å². The van der Waals surface area contributed by atoms with Gasteiger partial charge in [0, 0.05) is 12.1 Å². The number of fused-ring (bicyclic) bond motifs is 1. The monoisotopic (exact) mass is 382 g/mol. The smallest absolute Gasteiger partial charge is 0.336 e. The molecule has 5 atom stereocenters. The van der Waals surface area contributed by atoms with Gasteiger partial charge in [0.05, 0.1) is 17.6 Å². The molecule has 1 aliphatic rings. The van der Waals surface area contributed by atoms with Crippen LogP contribution in [-0.4, -0.2) is 68.8 Å². The summed E-state index contributed by atoms with van der Waals surface area (Å²) < 4.78 is 16.0. The quantitative estimate of drug-likeness (QED) is 0.441. The van der Waals surface area contributed by atoms with Crippen LogP contribution in [0.4, 0.5) is 0 Å². The molecule has 10 nitrogen and oxygen atoms in total. The van der Waals surface area contributed by atoms with Crippen molar-refractivity contribution >= 4 is 16.9 Å². The van der Waals surface area contributed by atoms with Crippen molar-refractivity contribution in [2.24, 2.45) is 0 Å². The molecule has 0 spiro atoms. The molecule has 0 radical (unpaired) electrons. The maximum Gasteiger partial charge on any atom is 0.336 e. The lowest BCUT2D eigenvalue weighted by atomic mass is 9.99. The van der Waals surface area contributed by atoms with E-state index in [1.807, 2.05) is 0 Å². The Morgan fingerprint density at radius 3 is 2.48 bits per heavy atom. The molecule has 0 saturated carbocycles. The molecule has 1 fully saturated rings. The lowest BCUT2D eigenvalue weighted by Gasteiger charge is -2.39. The number of hydrogen-bond donors (Lipinski definition) is 5. The van der Waals surface area contributed by atoms with Crippen molar-refractivity contribution in [3.8, 4) is 5.75 Å². The second kappa shape index (κ2) is 7.25. The number of carboxylic acids is 1. The van der Waals surface area contributed by atoms with Gasteiger partial charge in [0.25, 0.3) is 0 Å². The molecule has 146 valence electrons. The molecule has 0 amide bonds. The summed E-state index contributed by atoms with van der Waals surface area (Å²) in [7, 11) is 0. The highest BCUT2D eigenvalue weighted by atomic mass is 16.7. The predicted octanol–water partition coefficient (Wildman–Crippen LogP) is -1.02. The van der Waals surface area contributed by atoms with Crippen molar-refractivity contribution in [3.05, 3.63) is 39.7 Å². The lowest BCUT2D eigenvalue weighted by Crippen LogP contribution is -2.60. The van der Waals surface area contributed by atoms with Crippen LogP contribution < -0.4 is 10.2 Å². The third-order valence-electron chi connectivity index (χ3n) is 4.26. The van der Waals surface area contributed by atoms with Gasteiger partial charge in [-0.05, 0) is 13.0 Å². The fraction of sp³-hybridized carbons (Fsp3) is 0.412. The molecule has 5 N–H and O–H groups in total. The zero-order valence-electron chi connectivity index (χ0n) is 14.1. The predicted molar refractivity (Wildman–Crippen MR) is 88.6 cm³/mol. The van der Waals surface area contributed by atoms with Crippen molar-refractivity contribution in [2.45, 2.75) is 37.6 Å². The molecule has 1 aromatic heterocycles. The van der Waals surface area contributed by atoms with Gasteiger partial charge in [-0.1, -0.05) is 0 Å². The maximum atomic E-state index is 12.1. The SMILES string of the molecule is Cc1cc(=O)c2c(C(=O)O)cc(O[C@H]3O[C@H](CO)[C@@H](O)[C@H](O)[C@H]3O)cc2o1. The summed E-state index contributed by atoms with van der Waals surface area (Å²) in [6.07, 6.45) is -7.57. The zero-order valence-corrected chi connectivity index (χ0v) is 14.1. The minimum atomic E-state index is -1.67. The van der Waals surface area contributed by atoms with Crippen LogP contribution in [-0.2, 0) is 4.74 Å². The summed E-state index contributed by atoms with van der Waals surface area (Å²) in [5.41, 5.74) is -0.953. The van der Waals surface area contributed by atoms with Gasteiger partial charge < -0.3 is 39.4 Å². The summed E-state index contributed by atoms with van der Waals surface area (Å²) in [5.74, 6) is -1.25. The summed E-state index contributed by atoms with van der Waals surface area (Å²) in [4.78, 5) is 23.7. The van der Waals surface area contributed by atoms with Gasteiger partial charge in [-0.3, -0.25) is 4.79 Å². The van der Waals surface area contributed by atoms with E-state index in [4.69, 9.17) is 13.9 Å². The second-order valence-corrected chi connectivity index (χ2v) is 6.19. The number of aliphatic hydroxyl groups excluding tert-OH is 4. The second-order valence-electron chi connectivity index (χ2n) is 6.19. The van der Waals surface area contributed by atoms with Crippen molar-refractivity contribution < 1.29 is 44.2 Å². The first-order valence-electron chi connectivity index (χ1n) is 8.02. The van der Waals surface area contributed by atoms with E-state index in [2.05, 4.69) is 0 Å². The molecular weight excluding hydrogens is 364 g/mol. The molecule has 1 saturated heterocycles. The van der Waals surface area contributed by atoms with E-state index in [9.17, 15) is 35.1 Å². The van der Waals surface area contributed by atoms with Crippen molar-refractivity contribution in [1.29, 1.82) is 0 Å². The largest absolute Gasteiger partial charge is 0.478 e. The topological polar surface area (TPSA) is 167 Å². The van der Waals surface area contributed by atoms with Crippen LogP contribution in [0.15, 0.2) is 27.4 Å². The van der Waals surface area contributed by atoms with Crippen LogP contribution in [0, 0.1) is 6.92 Å². The van der Waals surface area contributed by atoms with Crippen LogP contribution in [0.2, 0.25) is 0 Å². The Morgan fingerprint density at radius 2 is 1.85 bits per heavy atom. The number of aromatic carboxylic acids is 1. The first-order valence-corrected chi connectivity index (χ1v) is 8.02. The minimum absolute atomic E-state index is 0.0421. The van der Waals surface area contributed by atoms with Crippen molar-refractivity contribution in [2.75, 3.05) is 6.61 Å².